The summed E-state index contributed by atoms with van der Waals surface area (Å²) in [4.78, 5) is 16.7. The number of hydrogen-bond acceptors (Lipinski definition) is 4. The Morgan fingerprint density at radius 2 is 1.76 bits per heavy atom. The number of aryl methyl sites for hydroxylation is 1. The summed E-state index contributed by atoms with van der Waals surface area (Å²) >= 11 is 1.82. The molecule has 1 amide bonds. The second-order valence-corrected chi connectivity index (χ2v) is 10.3. The highest BCUT2D eigenvalue weighted by Gasteiger charge is 2.44. The molecular weight excluding hydrogens is 440 g/mol. The number of nitriles is 1. The standard InChI is InChI=1S/C29H28N2O2S/c1-20-4-2-7-28(14-20)34-19-21-8-10-23(11-9-21)29(32)31-24-12-13-25(31)17-27(16-24)33-26-6-3-5-22(15-26)18-30/h2-11,14-15,24-25,27H,12-13,16-17,19H2,1H3/t24-,25-/m0/s1. The highest BCUT2D eigenvalue weighted by molar-refractivity contribution is 7.98. The molecule has 2 aliphatic rings. The fourth-order valence-corrected chi connectivity index (χ4v) is 6.12. The van der Waals surface area contributed by atoms with E-state index < -0.39 is 0 Å². The van der Waals surface area contributed by atoms with Crippen molar-refractivity contribution in [3.63, 3.8) is 0 Å². The zero-order valence-corrected chi connectivity index (χ0v) is 20.1. The van der Waals surface area contributed by atoms with Crippen molar-refractivity contribution in [3.8, 4) is 11.8 Å². The number of nitrogens with zero attached hydrogens (tertiary/aromatic N) is 2. The molecule has 2 bridgehead atoms. The molecule has 34 heavy (non-hydrogen) atoms. The van der Waals surface area contributed by atoms with Gasteiger partial charge < -0.3 is 9.64 Å². The third kappa shape index (κ3) is 4.98. The van der Waals surface area contributed by atoms with Crippen LogP contribution >= 0.6 is 11.8 Å². The van der Waals surface area contributed by atoms with Crippen LogP contribution in [-0.4, -0.2) is 29.0 Å². The van der Waals surface area contributed by atoms with Crippen molar-refractivity contribution in [1.29, 1.82) is 5.26 Å². The fraction of sp³-hybridized carbons (Fsp3) is 0.310. The van der Waals surface area contributed by atoms with Crippen molar-refractivity contribution in [3.05, 3.63) is 95.1 Å². The summed E-state index contributed by atoms with van der Waals surface area (Å²) in [5.74, 6) is 1.76. The Labute approximate surface area is 205 Å². The number of benzene rings is 3. The van der Waals surface area contributed by atoms with Gasteiger partial charge >= 0.3 is 0 Å². The minimum atomic E-state index is 0.0801. The highest BCUT2D eigenvalue weighted by Crippen LogP contribution is 2.38. The SMILES string of the molecule is Cc1cccc(SCc2ccc(C(=O)N3[C@H]4CC[C@H]3CC(Oc3cccc(C#N)c3)C4)cc2)c1. The van der Waals surface area contributed by atoms with E-state index in [9.17, 15) is 4.79 Å². The minimum Gasteiger partial charge on any atom is -0.490 e. The Morgan fingerprint density at radius 1 is 1.03 bits per heavy atom. The van der Waals surface area contributed by atoms with E-state index >= 15 is 0 Å². The van der Waals surface area contributed by atoms with E-state index in [4.69, 9.17) is 10.00 Å². The van der Waals surface area contributed by atoms with Crippen molar-refractivity contribution < 1.29 is 9.53 Å². The number of hydrogen-bond donors (Lipinski definition) is 0. The number of piperidine rings is 1. The molecule has 2 heterocycles. The van der Waals surface area contributed by atoms with Crippen molar-refractivity contribution >= 4 is 17.7 Å². The van der Waals surface area contributed by atoms with Crippen LogP contribution < -0.4 is 4.74 Å². The van der Waals surface area contributed by atoms with Gasteiger partial charge in [0.1, 0.15) is 11.9 Å². The summed E-state index contributed by atoms with van der Waals surface area (Å²) in [7, 11) is 0. The van der Waals surface area contributed by atoms with Crippen LogP contribution in [0, 0.1) is 18.3 Å². The smallest absolute Gasteiger partial charge is 0.254 e. The lowest BCUT2D eigenvalue weighted by molar-refractivity contribution is 0.0359. The number of rotatable bonds is 6. The van der Waals surface area contributed by atoms with Crippen molar-refractivity contribution in [1.82, 2.24) is 4.90 Å². The first-order chi connectivity index (χ1) is 16.6. The van der Waals surface area contributed by atoms with Crippen molar-refractivity contribution in [2.75, 3.05) is 0 Å². The van der Waals surface area contributed by atoms with Gasteiger partial charge in [0.05, 0.1) is 11.6 Å². The van der Waals surface area contributed by atoms with Crippen molar-refractivity contribution in [2.24, 2.45) is 0 Å². The first-order valence-corrected chi connectivity index (χ1v) is 12.9. The quantitative estimate of drug-likeness (QED) is 0.394. The van der Waals surface area contributed by atoms with Crippen molar-refractivity contribution in [2.45, 2.75) is 61.4 Å². The van der Waals surface area contributed by atoms with Crippen LogP contribution in [0.25, 0.3) is 0 Å². The maximum atomic E-state index is 13.4. The van der Waals surface area contributed by atoms with Gasteiger partial charge in [-0.15, -0.1) is 11.8 Å². The molecule has 3 aromatic carbocycles. The van der Waals surface area contributed by atoms with Crippen LogP contribution in [0.15, 0.2) is 77.7 Å². The average Bonchev–Trinajstić information content (AvgIpc) is 3.13. The molecule has 172 valence electrons. The third-order valence-corrected chi connectivity index (χ3v) is 7.85. The van der Waals surface area contributed by atoms with E-state index in [0.29, 0.717) is 5.56 Å². The predicted molar refractivity (Wildman–Crippen MR) is 135 cm³/mol. The normalized spacial score (nSPS) is 21.2. The number of ether oxygens (including phenoxy) is 1. The van der Waals surface area contributed by atoms with E-state index in [2.05, 4.69) is 54.3 Å². The van der Waals surface area contributed by atoms with Crippen LogP contribution in [0.4, 0.5) is 0 Å². The van der Waals surface area contributed by atoms with E-state index in [1.807, 2.05) is 36.0 Å². The topological polar surface area (TPSA) is 53.3 Å². The number of fused-ring (bicyclic) bond motifs is 2. The Hall–Kier alpha value is -3.23. The van der Waals surface area contributed by atoms with Crippen LogP contribution in [0.1, 0.15) is 52.7 Å². The number of thioether (sulfide) groups is 1. The average molecular weight is 469 g/mol. The summed E-state index contributed by atoms with van der Waals surface area (Å²) in [5.41, 5.74) is 3.86. The van der Waals surface area contributed by atoms with Gasteiger partial charge in [-0.05, 0) is 67.8 Å². The summed E-state index contributed by atoms with van der Waals surface area (Å²) in [6, 6.07) is 26.6. The molecule has 0 aliphatic carbocycles. The molecule has 0 saturated carbocycles. The van der Waals surface area contributed by atoms with Crippen LogP contribution in [-0.2, 0) is 5.75 Å². The third-order valence-electron chi connectivity index (χ3n) is 6.79. The molecule has 0 unspecified atom stereocenters. The summed E-state index contributed by atoms with van der Waals surface area (Å²) < 4.78 is 6.21. The monoisotopic (exact) mass is 468 g/mol. The Bertz CT molecular complexity index is 1200. The second-order valence-electron chi connectivity index (χ2n) is 9.25. The van der Waals surface area contributed by atoms with Crippen LogP contribution in [0.2, 0.25) is 0 Å². The molecule has 0 aromatic heterocycles. The molecular formula is C29H28N2O2S. The summed E-state index contributed by atoms with van der Waals surface area (Å²) in [6.45, 7) is 2.11. The van der Waals surface area contributed by atoms with Gasteiger partial charge in [-0.3, -0.25) is 4.79 Å². The van der Waals surface area contributed by atoms with Gasteiger partial charge in [0.15, 0.2) is 0 Å². The Kier molecular flexibility index (Phi) is 6.60. The van der Waals surface area contributed by atoms with E-state index in [0.717, 1.165) is 42.7 Å². The summed E-state index contributed by atoms with van der Waals surface area (Å²) in [5, 5.41) is 9.12. The maximum Gasteiger partial charge on any atom is 0.254 e. The summed E-state index contributed by atoms with van der Waals surface area (Å²) in [6.07, 6.45) is 3.81. The zero-order chi connectivity index (χ0) is 23.5. The molecule has 0 spiro atoms. The minimum absolute atomic E-state index is 0.0801. The van der Waals surface area contributed by atoms with E-state index in [-0.39, 0.29) is 24.1 Å². The van der Waals surface area contributed by atoms with E-state index in [1.54, 1.807) is 12.1 Å². The molecule has 2 atom stereocenters. The van der Waals surface area contributed by atoms with Gasteiger partial charge in [0.2, 0.25) is 0 Å². The van der Waals surface area contributed by atoms with E-state index in [1.165, 1.54) is 16.0 Å². The lowest BCUT2D eigenvalue weighted by atomic mass is 9.98. The molecule has 2 fully saturated rings. The van der Waals surface area contributed by atoms with Crippen LogP contribution in [0.5, 0.6) is 5.75 Å². The van der Waals surface area contributed by atoms with Gasteiger partial charge in [-0.2, -0.15) is 5.26 Å². The molecule has 2 aliphatic heterocycles. The predicted octanol–water partition coefficient (Wildman–Crippen LogP) is 6.37. The molecule has 5 heteroatoms. The lowest BCUT2D eigenvalue weighted by Crippen LogP contribution is -2.49. The molecule has 3 aromatic rings. The van der Waals surface area contributed by atoms with Gasteiger partial charge in [-0.1, -0.05) is 35.9 Å². The number of carbonyl (C=O) groups is 1. The van der Waals surface area contributed by atoms with Gasteiger partial charge in [0.25, 0.3) is 5.91 Å². The highest BCUT2D eigenvalue weighted by atomic mass is 32.2. The first kappa shape index (κ1) is 22.6. The van der Waals surface area contributed by atoms with Crippen LogP contribution in [0.3, 0.4) is 0 Å². The zero-order valence-electron chi connectivity index (χ0n) is 19.3. The second kappa shape index (κ2) is 9.95. The molecule has 0 radical (unpaired) electrons. The molecule has 0 N–H and O–H groups in total. The molecule has 2 saturated heterocycles. The van der Waals surface area contributed by atoms with Gasteiger partial charge in [-0.25, -0.2) is 0 Å². The molecule has 5 rings (SSSR count). The molecule has 4 nitrogen and oxygen atoms in total. The lowest BCUT2D eigenvalue weighted by Gasteiger charge is -2.39. The first-order valence-electron chi connectivity index (χ1n) is 11.9. The number of amides is 1. The largest absolute Gasteiger partial charge is 0.490 e. The fourth-order valence-electron chi connectivity index (χ4n) is 5.15. The van der Waals surface area contributed by atoms with Gasteiger partial charge in [0, 0.05) is 41.1 Å². The Balaban J connectivity index is 1.20. The number of carbonyl (C=O) groups excluding carboxylic acids is 1. The maximum absolute atomic E-state index is 13.4. The Morgan fingerprint density at radius 3 is 2.47 bits per heavy atom.